The van der Waals surface area contributed by atoms with Crippen molar-refractivity contribution in [2.24, 2.45) is 4.99 Å². The second-order valence-electron chi connectivity index (χ2n) is 6.25. The fraction of sp³-hybridized carbons (Fsp3) is 0.182. The molecule has 2 heterocycles. The molecule has 148 valence electrons. The number of hydrogen-bond acceptors (Lipinski definition) is 7. The third-order valence-electron chi connectivity index (χ3n) is 4.57. The lowest BCUT2D eigenvalue weighted by atomic mass is 10.2. The van der Waals surface area contributed by atoms with E-state index >= 15 is 0 Å². The van der Waals surface area contributed by atoms with E-state index in [1.807, 2.05) is 53.7 Å². The van der Waals surface area contributed by atoms with Crippen LogP contribution in [0.2, 0.25) is 0 Å². The molecule has 0 bridgehead atoms. The molecule has 2 aromatic carbocycles. The van der Waals surface area contributed by atoms with Gasteiger partial charge in [0.05, 0.1) is 31.9 Å². The zero-order valence-electron chi connectivity index (χ0n) is 16.5. The molecular weight excluding hydrogens is 386 g/mol. The maximum atomic E-state index is 5.45. The summed E-state index contributed by atoms with van der Waals surface area (Å²) in [5.41, 5.74) is 2.95. The van der Waals surface area contributed by atoms with Crippen LogP contribution >= 0.6 is 11.3 Å². The summed E-state index contributed by atoms with van der Waals surface area (Å²) in [4.78, 5) is 12.3. The summed E-state index contributed by atoms with van der Waals surface area (Å²) < 4.78 is 16.3. The van der Waals surface area contributed by atoms with E-state index in [0.717, 1.165) is 26.8 Å². The molecule has 7 heteroatoms. The molecule has 1 aliphatic rings. The number of methoxy groups -OCH3 is 3. The number of allylic oxidation sites excluding steroid dienone is 1. The van der Waals surface area contributed by atoms with Crippen molar-refractivity contribution in [3.63, 3.8) is 0 Å². The van der Waals surface area contributed by atoms with Crippen molar-refractivity contribution in [1.29, 1.82) is 0 Å². The smallest absolute Gasteiger partial charge is 0.203 e. The van der Waals surface area contributed by atoms with Crippen LogP contribution in [-0.4, -0.2) is 38.7 Å². The molecule has 29 heavy (non-hydrogen) atoms. The topological polar surface area (TPSA) is 56.2 Å². The van der Waals surface area contributed by atoms with Crippen molar-refractivity contribution in [2.75, 3.05) is 32.9 Å². The Morgan fingerprint density at radius 1 is 0.966 bits per heavy atom. The van der Waals surface area contributed by atoms with Gasteiger partial charge in [0.2, 0.25) is 5.75 Å². The maximum absolute atomic E-state index is 5.45. The van der Waals surface area contributed by atoms with Gasteiger partial charge in [-0.25, -0.2) is 4.98 Å². The minimum absolute atomic E-state index is 0.489. The van der Waals surface area contributed by atoms with E-state index in [-0.39, 0.29) is 0 Å². The van der Waals surface area contributed by atoms with Crippen LogP contribution in [0.1, 0.15) is 4.88 Å². The van der Waals surface area contributed by atoms with Crippen molar-refractivity contribution < 1.29 is 14.2 Å². The van der Waals surface area contributed by atoms with Gasteiger partial charge in [0.25, 0.3) is 0 Å². The minimum Gasteiger partial charge on any atom is -0.493 e. The van der Waals surface area contributed by atoms with E-state index in [4.69, 9.17) is 19.2 Å². The average Bonchev–Trinajstić information content (AvgIpc) is 3.29. The zero-order chi connectivity index (χ0) is 20.2. The number of anilines is 1. The SMILES string of the molecule is COc1cc(N2C=CC(c3cnc(-c4ccccc4)s3)=NC2)cc(OC)c1OC. The Labute approximate surface area is 173 Å². The van der Waals surface area contributed by atoms with Crippen LogP contribution in [0.4, 0.5) is 5.69 Å². The van der Waals surface area contributed by atoms with Gasteiger partial charge in [-0.2, -0.15) is 0 Å². The summed E-state index contributed by atoms with van der Waals surface area (Å²) in [6, 6.07) is 14.0. The normalized spacial score (nSPS) is 13.2. The van der Waals surface area contributed by atoms with Crippen molar-refractivity contribution >= 4 is 22.7 Å². The number of benzene rings is 2. The molecule has 0 aliphatic carbocycles. The van der Waals surface area contributed by atoms with E-state index in [0.29, 0.717) is 23.9 Å². The first-order valence-electron chi connectivity index (χ1n) is 9.04. The molecule has 0 unspecified atom stereocenters. The van der Waals surface area contributed by atoms with E-state index in [1.165, 1.54) is 0 Å². The number of ether oxygens (including phenoxy) is 3. The van der Waals surface area contributed by atoms with E-state index in [1.54, 1.807) is 32.7 Å². The second-order valence-corrected chi connectivity index (χ2v) is 7.28. The Morgan fingerprint density at radius 3 is 2.28 bits per heavy atom. The number of rotatable bonds is 6. The largest absolute Gasteiger partial charge is 0.493 e. The summed E-state index contributed by atoms with van der Waals surface area (Å²) in [5, 5.41) is 0.990. The first-order valence-corrected chi connectivity index (χ1v) is 9.86. The molecule has 1 aromatic heterocycles. The monoisotopic (exact) mass is 407 g/mol. The van der Waals surface area contributed by atoms with Crippen molar-refractivity contribution in [3.05, 3.63) is 65.8 Å². The Hall–Kier alpha value is -3.32. The van der Waals surface area contributed by atoms with Gasteiger partial charge >= 0.3 is 0 Å². The van der Waals surface area contributed by atoms with Crippen molar-refractivity contribution in [1.82, 2.24) is 4.98 Å². The predicted molar refractivity (Wildman–Crippen MR) is 117 cm³/mol. The second kappa shape index (κ2) is 8.36. The van der Waals surface area contributed by atoms with E-state index < -0.39 is 0 Å². The number of aliphatic imine (C=N–C) groups is 1. The Balaban J connectivity index is 1.55. The molecule has 0 saturated carbocycles. The highest BCUT2D eigenvalue weighted by atomic mass is 32.1. The van der Waals surface area contributed by atoms with E-state index in [9.17, 15) is 0 Å². The summed E-state index contributed by atoms with van der Waals surface area (Å²) in [5.74, 6) is 1.79. The fourth-order valence-corrected chi connectivity index (χ4v) is 3.99. The molecule has 4 rings (SSSR count). The highest BCUT2D eigenvalue weighted by molar-refractivity contribution is 7.17. The summed E-state index contributed by atoms with van der Waals surface area (Å²) in [7, 11) is 4.81. The molecule has 0 radical (unpaired) electrons. The Bertz CT molecular complexity index is 1040. The standard InChI is InChI=1S/C22H21N3O3S/c1-26-18-11-16(12-19(27-2)21(18)28-3)25-10-9-17(24-14-25)20-13-23-22(29-20)15-7-5-4-6-8-15/h4-13H,14H2,1-3H3. The Morgan fingerprint density at radius 2 is 1.69 bits per heavy atom. The number of nitrogens with zero attached hydrogens (tertiary/aromatic N) is 3. The molecule has 0 atom stereocenters. The number of hydrogen-bond donors (Lipinski definition) is 0. The molecule has 1 aliphatic heterocycles. The highest BCUT2D eigenvalue weighted by Gasteiger charge is 2.18. The van der Waals surface area contributed by atoms with Crippen LogP contribution in [0.15, 0.2) is 65.9 Å². The summed E-state index contributed by atoms with van der Waals surface area (Å²) in [6.07, 6.45) is 5.88. The van der Waals surface area contributed by atoms with Crippen LogP contribution in [0.5, 0.6) is 17.2 Å². The summed E-state index contributed by atoms with van der Waals surface area (Å²) >= 11 is 1.64. The third kappa shape index (κ3) is 3.82. The van der Waals surface area contributed by atoms with E-state index in [2.05, 4.69) is 17.1 Å². The molecule has 3 aromatic rings. The van der Waals surface area contributed by atoms with Crippen LogP contribution < -0.4 is 19.1 Å². The molecule has 0 saturated heterocycles. The van der Waals surface area contributed by atoms with Crippen molar-refractivity contribution in [3.8, 4) is 27.8 Å². The lowest BCUT2D eigenvalue weighted by Crippen LogP contribution is -2.21. The van der Waals surface area contributed by atoms with Gasteiger partial charge in [-0.1, -0.05) is 30.3 Å². The highest BCUT2D eigenvalue weighted by Crippen LogP contribution is 2.41. The lowest BCUT2D eigenvalue weighted by molar-refractivity contribution is 0.324. The lowest BCUT2D eigenvalue weighted by Gasteiger charge is -2.23. The molecule has 0 spiro atoms. The zero-order valence-corrected chi connectivity index (χ0v) is 17.3. The average molecular weight is 407 g/mol. The quantitative estimate of drug-likeness (QED) is 0.597. The summed E-state index contributed by atoms with van der Waals surface area (Å²) in [6.45, 7) is 0.489. The van der Waals surface area contributed by atoms with Crippen molar-refractivity contribution in [2.45, 2.75) is 0 Å². The third-order valence-corrected chi connectivity index (χ3v) is 5.63. The van der Waals surface area contributed by atoms with Gasteiger partial charge in [0, 0.05) is 35.8 Å². The van der Waals surface area contributed by atoms with Gasteiger partial charge in [0.1, 0.15) is 11.7 Å². The first kappa shape index (κ1) is 19.0. The van der Waals surface area contributed by atoms with Gasteiger partial charge in [-0.3, -0.25) is 4.99 Å². The first-order chi connectivity index (χ1) is 14.2. The molecule has 6 nitrogen and oxygen atoms in total. The van der Waals surface area contributed by atoms with Crippen LogP contribution in [0, 0.1) is 0 Å². The number of thiazole rings is 1. The predicted octanol–water partition coefficient (Wildman–Crippen LogP) is 4.62. The fourth-order valence-electron chi connectivity index (χ4n) is 3.08. The molecule has 0 fully saturated rings. The van der Waals surface area contributed by atoms with Crippen LogP contribution in [0.25, 0.3) is 10.6 Å². The molecular formula is C22H21N3O3S. The van der Waals surface area contributed by atoms with Gasteiger partial charge in [-0.05, 0) is 6.08 Å². The van der Waals surface area contributed by atoms with Crippen LogP contribution in [-0.2, 0) is 0 Å². The molecule has 0 amide bonds. The molecule has 0 N–H and O–H groups in total. The Kier molecular flexibility index (Phi) is 5.48. The minimum atomic E-state index is 0.489. The maximum Gasteiger partial charge on any atom is 0.203 e. The van der Waals surface area contributed by atoms with Gasteiger partial charge in [-0.15, -0.1) is 11.3 Å². The number of aromatic nitrogens is 1. The van der Waals surface area contributed by atoms with Gasteiger partial charge in [0.15, 0.2) is 11.5 Å². The van der Waals surface area contributed by atoms with Gasteiger partial charge < -0.3 is 19.1 Å². The van der Waals surface area contributed by atoms with Crippen LogP contribution in [0.3, 0.4) is 0 Å².